The zero-order valence-corrected chi connectivity index (χ0v) is 15.8. The molecule has 1 atom stereocenters. The van der Waals surface area contributed by atoms with Crippen molar-refractivity contribution in [2.45, 2.75) is 26.2 Å². The fraction of sp³-hybridized carbons (Fsp3) is 0.381. The molecule has 1 aromatic carbocycles. The number of nitrogens with zero attached hydrogens (tertiary/aromatic N) is 2. The Morgan fingerprint density at radius 1 is 1.25 bits per heavy atom. The van der Waals surface area contributed by atoms with Crippen molar-refractivity contribution in [1.29, 1.82) is 0 Å². The third kappa shape index (κ3) is 4.13. The van der Waals surface area contributed by atoms with Gasteiger partial charge >= 0.3 is 5.97 Å². The van der Waals surface area contributed by atoms with Gasteiger partial charge in [0.2, 0.25) is 0 Å². The van der Waals surface area contributed by atoms with Crippen LogP contribution in [0.3, 0.4) is 0 Å². The summed E-state index contributed by atoms with van der Waals surface area (Å²) in [5.74, 6) is -1.05. The number of aromatic nitrogens is 1. The third-order valence-electron chi connectivity index (χ3n) is 5.11. The predicted octanol–water partition coefficient (Wildman–Crippen LogP) is 2.49. The van der Waals surface area contributed by atoms with Crippen molar-refractivity contribution in [2.24, 2.45) is 5.41 Å². The zero-order valence-electron chi connectivity index (χ0n) is 15.8. The molecule has 0 saturated carbocycles. The quantitative estimate of drug-likeness (QED) is 0.450. The van der Waals surface area contributed by atoms with Crippen LogP contribution in [0.15, 0.2) is 48.8 Å². The van der Waals surface area contributed by atoms with Gasteiger partial charge in [-0.3, -0.25) is 9.59 Å². The molecule has 1 aliphatic heterocycles. The van der Waals surface area contributed by atoms with Crippen molar-refractivity contribution < 1.29 is 23.4 Å². The number of hydrogen-bond acceptors (Lipinski definition) is 4. The van der Waals surface area contributed by atoms with E-state index in [1.54, 1.807) is 30.0 Å². The van der Waals surface area contributed by atoms with Gasteiger partial charge in [-0.15, -0.1) is 0 Å². The fourth-order valence-corrected chi connectivity index (χ4v) is 3.72. The van der Waals surface area contributed by atoms with Crippen LogP contribution in [0.25, 0.3) is 0 Å². The maximum atomic E-state index is 14.3. The van der Waals surface area contributed by atoms with E-state index in [-0.39, 0.29) is 31.3 Å². The van der Waals surface area contributed by atoms with Crippen molar-refractivity contribution in [3.05, 3.63) is 70.9 Å². The van der Waals surface area contributed by atoms with E-state index in [1.807, 2.05) is 0 Å². The van der Waals surface area contributed by atoms with E-state index in [1.165, 1.54) is 30.6 Å². The van der Waals surface area contributed by atoms with E-state index in [0.717, 1.165) is 0 Å². The van der Waals surface area contributed by atoms with Crippen molar-refractivity contribution in [2.75, 3.05) is 19.7 Å². The molecule has 148 valence electrons. The van der Waals surface area contributed by atoms with Gasteiger partial charge in [-0.05, 0) is 37.8 Å². The van der Waals surface area contributed by atoms with Crippen molar-refractivity contribution in [1.82, 2.24) is 4.90 Å². The van der Waals surface area contributed by atoms with Gasteiger partial charge in [0.15, 0.2) is 12.4 Å². The summed E-state index contributed by atoms with van der Waals surface area (Å²) in [5.41, 5.74) is -0.200. The normalized spacial score (nSPS) is 19.3. The van der Waals surface area contributed by atoms with Crippen molar-refractivity contribution in [3.63, 3.8) is 0 Å². The zero-order chi connectivity index (χ0) is 20.1. The lowest BCUT2D eigenvalue weighted by Gasteiger charge is -2.41. The first-order chi connectivity index (χ1) is 13.4. The van der Waals surface area contributed by atoms with Gasteiger partial charge < -0.3 is 14.8 Å². The number of carbonyl (C=O) groups excluding carboxylic acids is 2. The molecular weight excluding hydrogens is 363 g/mol. The maximum absolute atomic E-state index is 14.3. The van der Waals surface area contributed by atoms with E-state index in [0.29, 0.717) is 35.2 Å². The largest absolute Gasteiger partial charge is 0.619 e. The minimum Gasteiger partial charge on any atom is -0.619 e. The summed E-state index contributed by atoms with van der Waals surface area (Å²) in [6.45, 7) is 2.57. The van der Waals surface area contributed by atoms with Crippen LogP contribution in [0, 0.1) is 16.4 Å². The molecule has 1 aromatic heterocycles. The lowest BCUT2D eigenvalue weighted by Crippen LogP contribution is -2.51. The summed E-state index contributed by atoms with van der Waals surface area (Å²) in [5, 5.41) is 11.2. The Hall–Kier alpha value is -2.96. The highest BCUT2D eigenvalue weighted by Gasteiger charge is 2.45. The van der Waals surface area contributed by atoms with Gasteiger partial charge in [0.25, 0.3) is 5.91 Å². The van der Waals surface area contributed by atoms with E-state index in [2.05, 4.69) is 0 Å². The molecule has 0 unspecified atom stereocenters. The topological polar surface area (TPSA) is 73.5 Å². The molecular formula is C21H23FN2O4. The van der Waals surface area contributed by atoms with E-state index in [4.69, 9.17) is 4.74 Å². The number of pyridine rings is 1. The van der Waals surface area contributed by atoms with E-state index in [9.17, 15) is 19.2 Å². The van der Waals surface area contributed by atoms with Gasteiger partial charge in [-0.25, -0.2) is 4.39 Å². The van der Waals surface area contributed by atoms with Gasteiger partial charge in [0.1, 0.15) is 5.82 Å². The highest BCUT2D eigenvalue weighted by atomic mass is 19.1. The van der Waals surface area contributed by atoms with Crippen LogP contribution in [-0.4, -0.2) is 36.5 Å². The lowest BCUT2D eigenvalue weighted by atomic mass is 9.74. The first kappa shape index (κ1) is 19.8. The first-order valence-corrected chi connectivity index (χ1v) is 9.34. The van der Waals surface area contributed by atoms with Crippen LogP contribution in [0.2, 0.25) is 0 Å². The molecule has 3 rings (SSSR count). The average molecular weight is 386 g/mol. The molecule has 0 N–H and O–H groups in total. The van der Waals surface area contributed by atoms with E-state index < -0.39 is 11.4 Å². The van der Waals surface area contributed by atoms with Crippen LogP contribution >= 0.6 is 0 Å². The smallest absolute Gasteiger partial charge is 0.314 e. The predicted molar refractivity (Wildman–Crippen MR) is 99.7 cm³/mol. The Morgan fingerprint density at radius 3 is 2.64 bits per heavy atom. The number of carbonyl (C=O) groups is 2. The number of ether oxygens (including phenoxy) is 1. The second kappa shape index (κ2) is 8.37. The van der Waals surface area contributed by atoms with Gasteiger partial charge in [-0.1, -0.05) is 18.2 Å². The van der Waals surface area contributed by atoms with Gasteiger partial charge in [-0.2, -0.15) is 4.73 Å². The molecule has 2 heterocycles. The Bertz CT molecular complexity index is 856. The SMILES string of the molecule is CCOC(=O)[C@@]1(Cc2ccccc2F)CCCN(C(=O)c2cc[n+]([O-])cc2)C1. The van der Waals surface area contributed by atoms with Crippen LogP contribution < -0.4 is 4.73 Å². The van der Waals surface area contributed by atoms with Crippen LogP contribution in [0.4, 0.5) is 4.39 Å². The summed E-state index contributed by atoms with van der Waals surface area (Å²) in [4.78, 5) is 27.3. The standard InChI is InChI=1S/C21H23FN2O4/c1-2-28-20(26)21(14-17-6-3-4-7-18(17)22)10-5-11-23(15-21)19(25)16-8-12-24(27)13-9-16/h3-4,6-9,12-13H,2,5,10-11,14-15H2,1H3/t21-/m1/s1. The number of halogens is 1. The Balaban J connectivity index is 1.89. The van der Waals surface area contributed by atoms with Crippen LogP contribution in [0.1, 0.15) is 35.7 Å². The number of hydrogen-bond donors (Lipinski definition) is 0. The second-order valence-corrected chi connectivity index (χ2v) is 7.05. The molecule has 2 aromatic rings. The number of benzene rings is 1. The molecule has 28 heavy (non-hydrogen) atoms. The lowest BCUT2D eigenvalue weighted by molar-refractivity contribution is -0.605. The highest BCUT2D eigenvalue weighted by molar-refractivity contribution is 5.94. The average Bonchev–Trinajstić information content (AvgIpc) is 2.70. The molecule has 6 nitrogen and oxygen atoms in total. The summed E-state index contributed by atoms with van der Waals surface area (Å²) in [6.07, 6.45) is 3.80. The Kier molecular flexibility index (Phi) is 5.92. The highest BCUT2D eigenvalue weighted by Crippen LogP contribution is 2.36. The van der Waals surface area contributed by atoms with Crippen molar-refractivity contribution in [3.8, 4) is 0 Å². The first-order valence-electron chi connectivity index (χ1n) is 9.34. The molecule has 1 fully saturated rings. The summed E-state index contributed by atoms with van der Waals surface area (Å²) in [7, 11) is 0. The van der Waals surface area contributed by atoms with Gasteiger partial charge in [0, 0.05) is 25.2 Å². The van der Waals surface area contributed by atoms with Crippen LogP contribution in [0.5, 0.6) is 0 Å². The fourth-order valence-electron chi connectivity index (χ4n) is 3.72. The van der Waals surface area contributed by atoms with Crippen LogP contribution in [-0.2, 0) is 16.0 Å². The summed E-state index contributed by atoms with van der Waals surface area (Å²) < 4.78 is 20.2. The Morgan fingerprint density at radius 2 is 1.96 bits per heavy atom. The minimum absolute atomic E-state index is 0.144. The molecule has 0 bridgehead atoms. The maximum Gasteiger partial charge on any atom is 0.314 e. The number of piperidine rings is 1. The number of esters is 1. The molecule has 0 spiro atoms. The summed E-state index contributed by atoms with van der Waals surface area (Å²) >= 11 is 0. The molecule has 0 radical (unpaired) electrons. The van der Waals surface area contributed by atoms with Crippen molar-refractivity contribution >= 4 is 11.9 Å². The monoisotopic (exact) mass is 386 g/mol. The number of rotatable bonds is 5. The molecule has 7 heteroatoms. The Labute approximate surface area is 163 Å². The number of amides is 1. The molecule has 1 saturated heterocycles. The van der Waals surface area contributed by atoms with Gasteiger partial charge in [0.05, 0.1) is 17.6 Å². The molecule has 1 aliphatic rings. The third-order valence-corrected chi connectivity index (χ3v) is 5.11. The molecule has 1 amide bonds. The number of likely N-dealkylation sites (tertiary alicyclic amines) is 1. The summed E-state index contributed by atoms with van der Waals surface area (Å²) in [6, 6.07) is 9.25. The van der Waals surface area contributed by atoms with E-state index >= 15 is 0 Å². The second-order valence-electron chi connectivity index (χ2n) is 7.05. The molecule has 0 aliphatic carbocycles. The minimum atomic E-state index is -1.00.